The summed E-state index contributed by atoms with van der Waals surface area (Å²) < 4.78 is 17.5. The minimum absolute atomic E-state index is 0.0329. The summed E-state index contributed by atoms with van der Waals surface area (Å²) in [5.74, 6) is 0.222. The van der Waals surface area contributed by atoms with Crippen LogP contribution in [-0.2, 0) is 18.4 Å². The van der Waals surface area contributed by atoms with Crippen LogP contribution in [0.4, 0.5) is 5.69 Å². The van der Waals surface area contributed by atoms with Gasteiger partial charge in [-0.15, -0.1) is 0 Å². The summed E-state index contributed by atoms with van der Waals surface area (Å²) in [6, 6.07) is 10.9. The van der Waals surface area contributed by atoms with Gasteiger partial charge in [-0.1, -0.05) is 18.2 Å². The first-order chi connectivity index (χ1) is 13.4. The Bertz CT molecular complexity index is 1020. The van der Waals surface area contributed by atoms with E-state index in [0.717, 1.165) is 11.3 Å². The molecule has 1 aromatic carbocycles. The molecule has 8 nitrogen and oxygen atoms in total. The van der Waals surface area contributed by atoms with Gasteiger partial charge in [0, 0.05) is 7.05 Å². The highest BCUT2D eigenvalue weighted by Gasteiger charge is 2.23. The highest BCUT2D eigenvalue weighted by Crippen LogP contribution is 2.22. The van der Waals surface area contributed by atoms with Crippen molar-refractivity contribution in [2.75, 3.05) is 12.4 Å². The number of rotatable bonds is 6. The molecular weight excluding hydrogens is 362 g/mol. The summed E-state index contributed by atoms with van der Waals surface area (Å²) in [6.45, 7) is 3.88. The number of carbonyl (C=O) groups excluding carboxylic acids is 2. The molecule has 0 bridgehead atoms. The largest absolute Gasteiger partial charge is 0.485 e. The molecule has 0 spiro atoms. The van der Waals surface area contributed by atoms with Crippen molar-refractivity contribution in [3.63, 3.8) is 0 Å². The van der Waals surface area contributed by atoms with E-state index in [0.29, 0.717) is 11.5 Å². The Hall–Kier alpha value is -3.55. The maximum Gasteiger partial charge on any atom is 0.360 e. The fourth-order valence-corrected chi connectivity index (χ4v) is 2.62. The maximum absolute atomic E-state index is 12.5. The van der Waals surface area contributed by atoms with Gasteiger partial charge in [-0.2, -0.15) is 5.10 Å². The average Bonchev–Trinajstić information content (AvgIpc) is 3.27. The average molecular weight is 383 g/mol. The number of aromatic nitrogens is 2. The molecule has 0 radical (unpaired) electrons. The summed E-state index contributed by atoms with van der Waals surface area (Å²) in [5, 5.41) is 6.75. The Morgan fingerprint density at radius 3 is 2.64 bits per heavy atom. The van der Waals surface area contributed by atoms with Crippen molar-refractivity contribution in [1.29, 1.82) is 0 Å². The standard InChI is InChI=1S/C20H21N3O5/c1-12-7-5-6-8-15(12)27-11-14-9-10-16(28-14)19(24)21-17-13(2)23(3)22-18(17)20(25)26-4/h5-10H,11H2,1-4H3,(H,21,24). The van der Waals surface area contributed by atoms with Crippen LogP contribution in [0.3, 0.4) is 0 Å². The fraction of sp³-hybridized carbons (Fsp3) is 0.250. The molecule has 0 saturated carbocycles. The fourth-order valence-electron chi connectivity index (χ4n) is 2.62. The number of hydrogen-bond donors (Lipinski definition) is 1. The summed E-state index contributed by atoms with van der Waals surface area (Å²) in [6.07, 6.45) is 0. The molecule has 0 aliphatic rings. The number of furan rings is 1. The smallest absolute Gasteiger partial charge is 0.360 e. The Labute approximate surface area is 162 Å². The topological polar surface area (TPSA) is 95.6 Å². The van der Waals surface area contributed by atoms with Crippen molar-refractivity contribution in [1.82, 2.24) is 9.78 Å². The van der Waals surface area contributed by atoms with E-state index in [2.05, 4.69) is 10.4 Å². The quantitative estimate of drug-likeness (QED) is 0.657. The van der Waals surface area contributed by atoms with Crippen molar-refractivity contribution in [3.05, 3.63) is 64.9 Å². The Morgan fingerprint density at radius 1 is 1.18 bits per heavy atom. The van der Waals surface area contributed by atoms with E-state index in [1.54, 1.807) is 26.1 Å². The SMILES string of the molecule is COC(=O)c1nn(C)c(C)c1NC(=O)c1ccc(COc2ccccc2C)o1. The van der Waals surface area contributed by atoms with Crippen molar-refractivity contribution in [2.24, 2.45) is 7.05 Å². The summed E-state index contributed by atoms with van der Waals surface area (Å²) in [4.78, 5) is 24.4. The van der Waals surface area contributed by atoms with Gasteiger partial charge in [0.05, 0.1) is 18.5 Å². The second-order valence-electron chi connectivity index (χ2n) is 6.20. The van der Waals surface area contributed by atoms with Crippen molar-refractivity contribution in [3.8, 4) is 5.75 Å². The zero-order valence-corrected chi connectivity index (χ0v) is 16.1. The van der Waals surface area contributed by atoms with Crippen LogP contribution >= 0.6 is 0 Å². The number of anilines is 1. The molecule has 0 aliphatic heterocycles. The molecule has 2 heterocycles. The molecule has 0 atom stereocenters. The number of para-hydroxylation sites is 1. The number of methoxy groups -OCH3 is 1. The van der Waals surface area contributed by atoms with E-state index in [1.807, 2.05) is 31.2 Å². The molecular formula is C20H21N3O5. The zero-order valence-electron chi connectivity index (χ0n) is 16.1. The van der Waals surface area contributed by atoms with Crippen molar-refractivity contribution < 1.29 is 23.5 Å². The number of aryl methyl sites for hydroxylation is 2. The molecule has 28 heavy (non-hydrogen) atoms. The van der Waals surface area contributed by atoms with Gasteiger partial charge >= 0.3 is 5.97 Å². The minimum Gasteiger partial charge on any atom is -0.485 e. The van der Waals surface area contributed by atoms with Crippen LogP contribution in [0.25, 0.3) is 0 Å². The number of esters is 1. The third kappa shape index (κ3) is 3.90. The van der Waals surface area contributed by atoms with E-state index in [-0.39, 0.29) is 23.7 Å². The normalized spacial score (nSPS) is 10.6. The first-order valence-corrected chi connectivity index (χ1v) is 8.61. The lowest BCUT2D eigenvalue weighted by atomic mass is 10.2. The highest BCUT2D eigenvalue weighted by molar-refractivity contribution is 6.06. The molecule has 0 unspecified atom stereocenters. The minimum atomic E-state index is -0.634. The molecule has 146 valence electrons. The lowest BCUT2D eigenvalue weighted by Crippen LogP contribution is -2.15. The third-order valence-electron chi connectivity index (χ3n) is 4.30. The molecule has 3 aromatic rings. The Balaban J connectivity index is 1.71. The Kier molecular flexibility index (Phi) is 5.49. The lowest BCUT2D eigenvalue weighted by molar-refractivity contribution is 0.0594. The first kappa shape index (κ1) is 19.2. The monoisotopic (exact) mass is 383 g/mol. The van der Waals surface area contributed by atoms with Crippen LogP contribution in [0.1, 0.15) is 38.1 Å². The number of nitrogens with zero attached hydrogens (tertiary/aromatic N) is 2. The van der Waals surface area contributed by atoms with Crippen molar-refractivity contribution in [2.45, 2.75) is 20.5 Å². The molecule has 3 rings (SSSR count). The van der Waals surface area contributed by atoms with Gasteiger partial charge in [-0.3, -0.25) is 9.48 Å². The van der Waals surface area contributed by atoms with Gasteiger partial charge in [-0.05, 0) is 37.6 Å². The number of ether oxygens (including phenoxy) is 2. The van der Waals surface area contributed by atoms with E-state index in [1.165, 1.54) is 11.8 Å². The van der Waals surface area contributed by atoms with Gasteiger partial charge in [0.1, 0.15) is 18.1 Å². The lowest BCUT2D eigenvalue weighted by Gasteiger charge is -2.07. The van der Waals surface area contributed by atoms with Crippen LogP contribution in [-0.4, -0.2) is 28.8 Å². The predicted octanol–water partition coefficient (Wildman–Crippen LogP) is 3.25. The van der Waals surface area contributed by atoms with E-state index in [4.69, 9.17) is 13.9 Å². The van der Waals surface area contributed by atoms with Gasteiger partial charge < -0.3 is 19.2 Å². The number of amides is 1. The summed E-state index contributed by atoms with van der Waals surface area (Å²) in [7, 11) is 2.93. The van der Waals surface area contributed by atoms with Gasteiger partial charge in [0.25, 0.3) is 5.91 Å². The molecule has 1 N–H and O–H groups in total. The number of carbonyl (C=O) groups is 2. The number of nitrogens with one attached hydrogen (secondary N) is 1. The molecule has 0 saturated heterocycles. The number of hydrogen-bond acceptors (Lipinski definition) is 6. The third-order valence-corrected chi connectivity index (χ3v) is 4.30. The van der Waals surface area contributed by atoms with Crippen LogP contribution in [0.2, 0.25) is 0 Å². The molecule has 2 aromatic heterocycles. The summed E-state index contributed by atoms with van der Waals surface area (Å²) >= 11 is 0. The first-order valence-electron chi connectivity index (χ1n) is 8.61. The molecule has 1 amide bonds. The van der Waals surface area contributed by atoms with E-state index < -0.39 is 11.9 Å². The van der Waals surface area contributed by atoms with E-state index >= 15 is 0 Å². The number of benzene rings is 1. The Morgan fingerprint density at radius 2 is 1.93 bits per heavy atom. The van der Waals surface area contributed by atoms with Gasteiger partial charge in [0.15, 0.2) is 11.5 Å². The highest BCUT2D eigenvalue weighted by atomic mass is 16.5. The molecule has 0 aliphatic carbocycles. The van der Waals surface area contributed by atoms with Gasteiger partial charge in [-0.25, -0.2) is 4.79 Å². The maximum atomic E-state index is 12.5. The second-order valence-corrected chi connectivity index (χ2v) is 6.20. The van der Waals surface area contributed by atoms with Crippen LogP contribution in [0, 0.1) is 13.8 Å². The van der Waals surface area contributed by atoms with Crippen LogP contribution < -0.4 is 10.1 Å². The zero-order chi connectivity index (χ0) is 20.3. The van der Waals surface area contributed by atoms with Crippen LogP contribution in [0.5, 0.6) is 5.75 Å². The van der Waals surface area contributed by atoms with Crippen molar-refractivity contribution >= 4 is 17.6 Å². The second kappa shape index (κ2) is 7.99. The van der Waals surface area contributed by atoms with Gasteiger partial charge in [0.2, 0.25) is 0 Å². The predicted molar refractivity (Wildman–Crippen MR) is 101 cm³/mol. The molecule has 8 heteroatoms. The summed E-state index contributed by atoms with van der Waals surface area (Å²) in [5.41, 5.74) is 1.94. The molecule has 0 fully saturated rings. The van der Waals surface area contributed by atoms with E-state index in [9.17, 15) is 9.59 Å². The van der Waals surface area contributed by atoms with Crippen LogP contribution in [0.15, 0.2) is 40.8 Å².